The average molecular weight is 617 g/mol. The topological polar surface area (TPSA) is 68.9 Å². The van der Waals surface area contributed by atoms with Crippen LogP contribution in [0.4, 0.5) is 0 Å². The first-order valence-electron chi connectivity index (χ1n) is 16.8. The highest BCUT2D eigenvalue weighted by atomic mass is 32.1. The Labute approximate surface area is 265 Å². The van der Waals surface area contributed by atoms with Crippen LogP contribution < -0.4 is 0 Å². The van der Waals surface area contributed by atoms with Crippen LogP contribution in [0.2, 0.25) is 0 Å². The van der Waals surface area contributed by atoms with Crippen molar-refractivity contribution in [3.63, 3.8) is 0 Å². The number of carbonyl (C=O) groups is 2. The van der Waals surface area contributed by atoms with E-state index in [1.54, 1.807) is 11.3 Å². The van der Waals surface area contributed by atoms with Gasteiger partial charge in [-0.15, -0.1) is 11.3 Å². The van der Waals surface area contributed by atoms with Gasteiger partial charge in [-0.1, -0.05) is 17.2 Å². The third-order valence-electron chi connectivity index (χ3n) is 11.0. The summed E-state index contributed by atoms with van der Waals surface area (Å²) >= 11 is 1.77. The van der Waals surface area contributed by atoms with Crippen molar-refractivity contribution < 1.29 is 14.3 Å². The Morgan fingerprint density at radius 2 is 1.61 bits per heavy atom. The number of aromatic nitrogens is 1. The molecule has 44 heavy (non-hydrogen) atoms. The van der Waals surface area contributed by atoms with Crippen molar-refractivity contribution in [1.29, 1.82) is 0 Å². The largest absolute Gasteiger partial charge is 0.378 e. The number of hydrogen-bond donors (Lipinski definition) is 1. The molecule has 4 aliphatic heterocycles. The van der Waals surface area contributed by atoms with Crippen LogP contribution in [0.15, 0.2) is 24.3 Å². The van der Waals surface area contributed by atoms with Crippen LogP contribution in [0, 0.1) is 25.7 Å². The summed E-state index contributed by atoms with van der Waals surface area (Å²) < 4.78 is 5.45. The zero-order valence-corrected chi connectivity index (χ0v) is 27.7. The minimum absolute atomic E-state index is 0.0915. The molecule has 0 radical (unpaired) electrons. The number of aryl methyl sites for hydroxylation is 2. The van der Waals surface area contributed by atoms with Crippen LogP contribution in [-0.4, -0.2) is 96.4 Å². The van der Waals surface area contributed by atoms with Gasteiger partial charge in [0.25, 0.3) is 0 Å². The summed E-state index contributed by atoms with van der Waals surface area (Å²) in [5, 5.41) is 1.27. The predicted octanol–water partition coefficient (Wildman–Crippen LogP) is 5.57. The number of aromatic amines is 1. The van der Waals surface area contributed by atoms with Gasteiger partial charge in [-0.25, -0.2) is 0 Å². The maximum absolute atomic E-state index is 14.0. The first-order valence-corrected chi connectivity index (χ1v) is 17.6. The van der Waals surface area contributed by atoms with Crippen molar-refractivity contribution in [3.8, 4) is 11.3 Å². The van der Waals surface area contributed by atoms with Crippen molar-refractivity contribution in [2.75, 3.05) is 59.0 Å². The monoisotopic (exact) mass is 616 g/mol. The van der Waals surface area contributed by atoms with Gasteiger partial charge >= 0.3 is 0 Å². The summed E-state index contributed by atoms with van der Waals surface area (Å²) in [5.41, 5.74) is 5.84. The minimum atomic E-state index is -0.507. The minimum Gasteiger partial charge on any atom is -0.378 e. The number of Topliss-reactive ketones (excluding diaryl/α,β-unsaturated/α-hetero) is 1. The van der Waals surface area contributed by atoms with Gasteiger partial charge in [0.2, 0.25) is 5.91 Å². The maximum Gasteiger partial charge on any atom is 0.225 e. The van der Waals surface area contributed by atoms with Crippen LogP contribution in [0.25, 0.3) is 21.5 Å². The van der Waals surface area contributed by atoms with Crippen molar-refractivity contribution in [3.05, 3.63) is 45.8 Å². The summed E-state index contributed by atoms with van der Waals surface area (Å²) in [4.78, 5) is 40.2. The number of H-pyrrole nitrogens is 1. The smallest absolute Gasteiger partial charge is 0.225 e. The molecule has 8 heteroatoms. The molecule has 236 valence electrons. The number of rotatable bonds is 8. The number of nitrogens with zero attached hydrogens (tertiary/aromatic N) is 3. The molecule has 0 aliphatic carbocycles. The van der Waals surface area contributed by atoms with Gasteiger partial charge in [0.1, 0.15) is 4.83 Å². The summed E-state index contributed by atoms with van der Waals surface area (Å²) in [6.45, 7) is 16.4. The number of hydrogen-bond acceptors (Lipinski definition) is 6. The average Bonchev–Trinajstić information content (AvgIpc) is 3.80. The third-order valence-corrected chi connectivity index (χ3v) is 12.3. The summed E-state index contributed by atoms with van der Waals surface area (Å²) in [7, 11) is 0. The van der Waals surface area contributed by atoms with E-state index in [2.05, 4.69) is 66.7 Å². The van der Waals surface area contributed by atoms with Crippen molar-refractivity contribution in [2.45, 2.75) is 71.3 Å². The fourth-order valence-electron chi connectivity index (χ4n) is 8.36. The van der Waals surface area contributed by atoms with Crippen LogP contribution in [0.3, 0.4) is 0 Å². The molecule has 1 unspecified atom stereocenters. The molecule has 1 atom stereocenters. The van der Waals surface area contributed by atoms with E-state index in [1.807, 2.05) is 4.90 Å². The summed E-state index contributed by atoms with van der Waals surface area (Å²) in [5.74, 6) is 1.39. The Morgan fingerprint density at radius 3 is 2.25 bits per heavy atom. The molecule has 1 aromatic carbocycles. The third kappa shape index (κ3) is 5.57. The molecule has 7 nitrogen and oxygen atoms in total. The van der Waals surface area contributed by atoms with Crippen LogP contribution in [0.1, 0.15) is 61.1 Å². The van der Waals surface area contributed by atoms with E-state index >= 15 is 0 Å². The number of amides is 1. The first-order chi connectivity index (χ1) is 21.2. The lowest BCUT2D eigenvalue weighted by molar-refractivity contribution is -0.141. The second-order valence-electron chi connectivity index (χ2n) is 14.3. The number of nitrogens with one attached hydrogen (secondary N) is 1. The number of thiophene rings is 1. The number of benzene rings is 1. The molecule has 3 aromatic rings. The fraction of sp³-hybridized carbons (Fsp3) is 0.611. The molecule has 1 amide bonds. The maximum atomic E-state index is 14.0. The van der Waals surface area contributed by atoms with Gasteiger partial charge in [-0.2, -0.15) is 0 Å². The van der Waals surface area contributed by atoms with Gasteiger partial charge in [-0.3, -0.25) is 14.5 Å². The van der Waals surface area contributed by atoms with Crippen LogP contribution in [0.5, 0.6) is 0 Å². The quantitative estimate of drug-likeness (QED) is 0.359. The lowest BCUT2D eigenvalue weighted by Gasteiger charge is -2.35. The highest BCUT2D eigenvalue weighted by molar-refractivity contribution is 7.19. The van der Waals surface area contributed by atoms with E-state index in [1.165, 1.54) is 55.9 Å². The highest BCUT2D eigenvalue weighted by Crippen LogP contribution is 2.44. The number of piperidine rings is 2. The van der Waals surface area contributed by atoms with Gasteiger partial charge in [-0.05, 0) is 121 Å². The zero-order valence-electron chi connectivity index (χ0n) is 26.9. The van der Waals surface area contributed by atoms with Crippen molar-refractivity contribution >= 4 is 33.2 Å². The fourth-order valence-corrected chi connectivity index (χ4v) is 9.56. The molecular formula is C36H48N4O3S. The van der Waals surface area contributed by atoms with Gasteiger partial charge in [0.15, 0.2) is 5.78 Å². The van der Waals surface area contributed by atoms with Crippen molar-refractivity contribution in [1.82, 2.24) is 19.7 Å². The SMILES string of the molecule is Cc1cc(C)cc(-c2[nH]c3sc(C(C)(C)C(=O)C4C5CCN4CC5)cc3c2CCN2CCC(C(=O)N3CCOCC3)CC2)c1. The van der Waals surface area contributed by atoms with Crippen LogP contribution in [-0.2, 0) is 26.2 Å². The normalized spacial score (nSPS) is 24.9. The molecule has 4 fully saturated rings. The van der Waals surface area contributed by atoms with Crippen molar-refractivity contribution in [2.24, 2.45) is 11.8 Å². The molecule has 0 saturated carbocycles. The first kappa shape index (κ1) is 30.2. The Kier molecular flexibility index (Phi) is 8.23. The number of likely N-dealkylation sites (tertiary alicyclic amines) is 1. The van der Waals surface area contributed by atoms with Gasteiger partial charge in [0, 0.05) is 35.8 Å². The second-order valence-corrected chi connectivity index (χ2v) is 15.4. The van der Waals surface area contributed by atoms with Gasteiger partial charge in [0.05, 0.1) is 30.4 Å². The van der Waals surface area contributed by atoms with E-state index < -0.39 is 5.41 Å². The van der Waals surface area contributed by atoms with E-state index in [0.29, 0.717) is 30.8 Å². The van der Waals surface area contributed by atoms with E-state index in [-0.39, 0.29) is 12.0 Å². The Balaban J connectivity index is 1.12. The lowest BCUT2D eigenvalue weighted by Crippen LogP contribution is -2.47. The molecule has 4 aliphatic rings. The number of ketones is 1. The van der Waals surface area contributed by atoms with Gasteiger partial charge < -0.3 is 19.5 Å². The lowest BCUT2D eigenvalue weighted by atomic mass is 9.79. The van der Waals surface area contributed by atoms with E-state index in [9.17, 15) is 9.59 Å². The molecule has 4 saturated heterocycles. The van der Waals surface area contributed by atoms with E-state index in [0.717, 1.165) is 65.1 Å². The predicted molar refractivity (Wildman–Crippen MR) is 177 cm³/mol. The molecule has 1 N–H and O–H groups in total. The number of carbonyl (C=O) groups excluding carboxylic acids is 2. The molecule has 6 heterocycles. The Bertz CT molecular complexity index is 1500. The van der Waals surface area contributed by atoms with E-state index in [4.69, 9.17) is 4.74 Å². The number of fused-ring (bicyclic) bond motifs is 3. The number of ether oxygens (including phenoxy) is 1. The molecular weight excluding hydrogens is 568 g/mol. The number of morpholine rings is 1. The summed E-state index contributed by atoms with van der Waals surface area (Å²) in [6.07, 6.45) is 5.13. The second kappa shape index (κ2) is 12.0. The highest BCUT2D eigenvalue weighted by Gasteiger charge is 2.49. The summed E-state index contributed by atoms with van der Waals surface area (Å²) in [6, 6.07) is 9.22. The standard InChI is InChI=1S/C36H48N4O3S/c1-23-19-24(2)21-27(20-23)31-28(9-12-38-10-5-26(6-11-38)35(42)40-15-17-43-18-16-40)29-22-30(44-34(29)37-31)36(3,4)33(41)32-25-7-13-39(32)14-8-25/h19-22,25-26,32,37H,5-18H2,1-4H3. The molecule has 2 bridgehead atoms. The molecule has 0 spiro atoms. The molecule has 2 aromatic heterocycles. The van der Waals surface area contributed by atoms with Crippen LogP contribution >= 0.6 is 11.3 Å². The molecule has 7 rings (SSSR count). The Morgan fingerprint density at radius 1 is 0.932 bits per heavy atom. The Hall–Kier alpha value is -2.52. The zero-order chi connectivity index (χ0) is 30.6.